The highest BCUT2D eigenvalue weighted by Crippen LogP contribution is 2.24. The van der Waals surface area contributed by atoms with Crippen molar-refractivity contribution in [2.24, 2.45) is 0 Å². The maximum absolute atomic E-state index is 13.3. The number of thioether (sulfide) groups is 1. The van der Waals surface area contributed by atoms with Crippen molar-refractivity contribution in [3.63, 3.8) is 0 Å². The van der Waals surface area contributed by atoms with Crippen LogP contribution in [-0.2, 0) is 9.53 Å². The number of aliphatic hydroxyl groups is 1. The van der Waals surface area contributed by atoms with Crippen molar-refractivity contribution in [3.8, 4) is 0 Å². The van der Waals surface area contributed by atoms with Crippen LogP contribution in [0.15, 0.2) is 23.1 Å². The molecule has 5 heteroatoms. The maximum Gasteiger partial charge on any atom is 0.339 e. The number of hydrogen-bond acceptors (Lipinski definition) is 4. The summed E-state index contributed by atoms with van der Waals surface area (Å²) in [6.45, 7) is 0. The molecule has 0 heterocycles. The average Bonchev–Trinajstić information content (AvgIpc) is 2.27. The van der Waals surface area contributed by atoms with Crippen molar-refractivity contribution in [2.45, 2.75) is 11.0 Å². The number of carbonyl (C=O) groups is 1. The summed E-state index contributed by atoms with van der Waals surface area (Å²) in [6.07, 6.45) is 0.253. The summed E-state index contributed by atoms with van der Waals surface area (Å²) in [4.78, 5) is 11.8. The first-order valence-corrected chi connectivity index (χ1v) is 5.42. The number of hydrogen-bond donors (Lipinski definition) is 1. The predicted molar refractivity (Wildman–Crippen MR) is 55.2 cm³/mol. The van der Waals surface area contributed by atoms with E-state index < -0.39 is 17.9 Å². The van der Waals surface area contributed by atoms with Gasteiger partial charge in [0.2, 0.25) is 0 Å². The molecule has 0 saturated heterocycles. The van der Waals surface area contributed by atoms with Gasteiger partial charge >= 0.3 is 5.97 Å². The first-order chi connectivity index (χ1) is 7.10. The molecule has 0 aromatic heterocycles. The van der Waals surface area contributed by atoms with Gasteiger partial charge in [0, 0.05) is 10.5 Å². The number of halogens is 1. The first-order valence-electron chi connectivity index (χ1n) is 4.19. The highest BCUT2D eigenvalue weighted by Gasteiger charge is 2.21. The van der Waals surface area contributed by atoms with Gasteiger partial charge in [-0.2, -0.15) is 0 Å². The number of ether oxygens (including phenoxy) is 1. The fourth-order valence-electron chi connectivity index (χ4n) is 1.10. The Bertz CT molecular complexity index is 368. The number of esters is 1. The zero-order valence-corrected chi connectivity index (χ0v) is 9.18. The molecule has 15 heavy (non-hydrogen) atoms. The Kier molecular flexibility index (Phi) is 4.11. The summed E-state index contributed by atoms with van der Waals surface area (Å²) in [7, 11) is 1.14. The van der Waals surface area contributed by atoms with Crippen LogP contribution in [0, 0.1) is 5.82 Å². The molecule has 1 rings (SSSR count). The first kappa shape index (κ1) is 12.0. The molecule has 0 amide bonds. The number of aliphatic hydroxyl groups excluding tert-OH is 1. The zero-order chi connectivity index (χ0) is 11.4. The summed E-state index contributed by atoms with van der Waals surface area (Å²) in [5, 5.41) is 9.47. The lowest BCUT2D eigenvalue weighted by molar-refractivity contribution is -0.150. The molecule has 1 N–H and O–H groups in total. The van der Waals surface area contributed by atoms with Gasteiger partial charge in [0.25, 0.3) is 0 Å². The molecule has 0 saturated carbocycles. The van der Waals surface area contributed by atoms with E-state index in [-0.39, 0.29) is 5.56 Å². The summed E-state index contributed by atoms with van der Waals surface area (Å²) >= 11 is 1.40. The lowest BCUT2D eigenvalue weighted by Gasteiger charge is -2.10. The second kappa shape index (κ2) is 5.14. The van der Waals surface area contributed by atoms with E-state index in [1.807, 2.05) is 6.26 Å². The normalized spacial score (nSPS) is 12.3. The number of carbonyl (C=O) groups excluding carboxylic acids is 1. The van der Waals surface area contributed by atoms with E-state index in [4.69, 9.17) is 0 Å². The maximum atomic E-state index is 13.3. The van der Waals surface area contributed by atoms with Crippen LogP contribution in [0.3, 0.4) is 0 Å². The van der Waals surface area contributed by atoms with Gasteiger partial charge in [-0.15, -0.1) is 11.8 Å². The average molecular weight is 230 g/mol. The van der Waals surface area contributed by atoms with Gasteiger partial charge in [0.15, 0.2) is 6.10 Å². The predicted octanol–water partition coefficient (Wildman–Crippen LogP) is 1.75. The lowest BCUT2D eigenvalue weighted by atomic mass is 10.1. The van der Waals surface area contributed by atoms with Gasteiger partial charge < -0.3 is 9.84 Å². The van der Waals surface area contributed by atoms with E-state index in [0.717, 1.165) is 12.0 Å². The van der Waals surface area contributed by atoms with Crippen LogP contribution < -0.4 is 0 Å². The molecule has 3 nitrogen and oxygen atoms in total. The van der Waals surface area contributed by atoms with E-state index in [2.05, 4.69) is 4.74 Å². The van der Waals surface area contributed by atoms with Crippen molar-refractivity contribution >= 4 is 17.7 Å². The second-order valence-corrected chi connectivity index (χ2v) is 3.69. The minimum atomic E-state index is -1.57. The van der Waals surface area contributed by atoms with Gasteiger partial charge in [0.1, 0.15) is 5.82 Å². The number of methoxy groups -OCH3 is 1. The van der Waals surface area contributed by atoms with Crippen LogP contribution in [0.5, 0.6) is 0 Å². The lowest BCUT2D eigenvalue weighted by Crippen LogP contribution is -2.14. The molecular formula is C10H11FO3S. The third kappa shape index (κ3) is 2.70. The molecular weight excluding hydrogens is 219 g/mol. The van der Waals surface area contributed by atoms with E-state index in [1.165, 1.54) is 23.9 Å². The molecule has 0 fully saturated rings. The van der Waals surface area contributed by atoms with Crippen molar-refractivity contribution in [2.75, 3.05) is 13.4 Å². The molecule has 0 spiro atoms. The van der Waals surface area contributed by atoms with Crippen molar-refractivity contribution in [1.82, 2.24) is 0 Å². The second-order valence-electron chi connectivity index (χ2n) is 2.81. The van der Waals surface area contributed by atoms with Crippen LogP contribution in [0.4, 0.5) is 4.39 Å². The SMILES string of the molecule is COC(=O)C(O)c1cc(SC)ccc1F. The van der Waals surface area contributed by atoms with Crippen LogP contribution in [0.1, 0.15) is 11.7 Å². The molecule has 82 valence electrons. The Morgan fingerprint density at radius 2 is 2.27 bits per heavy atom. The molecule has 0 bridgehead atoms. The molecule has 0 aliphatic heterocycles. The third-order valence-corrected chi connectivity index (χ3v) is 2.65. The van der Waals surface area contributed by atoms with Gasteiger partial charge in [0.05, 0.1) is 7.11 Å². The molecule has 0 aliphatic carbocycles. The van der Waals surface area contributed by atoms with E-state index in [0.29, 0.717) is 0 Å². The van der Waals surface area contributed by atoms with Crippen molar-refractivity contribution in [1.29, 1.82) is 0 Å². The Balaban J connectivity index is 3.06. The summed E-state index contributed by atoms with van der Waals surface area (Å²) in [5.74, 6) is -1.49. The quantitative estimate of drug-likeness (QED) is 0.635. The highest BCUT2D eigenvalue weighted by atomic mass is 32.2. The summed E-state index contributed by atoms with van der Waals surface area (Å²) in [6, 6.07) is 4.22. The zero-order valence-electron chi connectivity index (χ0n) is 8.36. The van der Waals surface area contributed by atoms with E-state index in [9.17, 15) is 14.3 Å². The minimum Gasteiger partial charge on any atom is -0.467 e. The Morgan fingerprint density at radius 1 is 1.60 bits per heavy atom. The van der Waals surface area contributed by atoms with Gasteiger partial charge in [-0.3, -0.25) is 0 Å². The summed E-state index contributed by atoms with van der Waals surface area (Å²) < 4.78 is 17.6. The monoisotopic (exact) mass is 230 g/mol. The van der Waals surface area contributed by atoms with Gasteiger partial charge in [-0.1, -0.05) is 0 Å². The topological polar surface area (TPSA) is 46.5 Å². The van der Waals surface area contributed by atoms with Crippen LogP contribution in [0.25, 0.3) is 0 Å². The fraction of sp³-hybridized carbons (Fsp3) is 0.300. The van der Waals surface area contributed by atoms with Crippen LogP contribution >= 0.6 is 11.8 Å². The fourth-order valence-corrected chi connectivity index (χ4v) is 1.55. The summed E-state index contributed by atoms with van der Waals surface area (Å²) in [5.41, 5.74) is -0.0614. The smallest absolute Gasteiger partial charge is 0.339 e. The largest absolute Gasteiger partial charge is 0.467 e. The molecule has 1 unspecified atom stereocenters. The third-order valence-electron chi connectivity index (χ3n) is 1.92. The Hall–Kier alpha value is -1.07. The number of benzene rings is 1. The van der Waals surface area contributed by atoms with Crippen molar-refractivity contribution in [3.05, 3.63) is 29.6 Å². The molecule has 1 atom stereocenters. The molecule has 0 aliphatic rings. The van der Waals surface area contributed by atoms with Crippen LogP contribution in [0.2, 0.25) is 0 Å². The molecule has 0 radical (unpaired) electrons. The highest BCUT2D eigenvalue weighted by molar-refractivity contribution is 7.98. The van der Waals surface area contributed by atoms with Gasteiger partial charge in [-0.25, -0.2) is 9.18 Å². The van der Waals surface area contributed by atoms with Crippen LogP contribution in [-0.4, -0.2) is 24.4 Å². The molecule has 1 aromatic rings. The minimum absolute atomic E-state index is 0.0614. The van der Waals surface area contributed by atoms with E-state index >= 15 is 0 Å². The van der Waals surface area contributed by atoms with E-state index in [1.54, 1.807) is 6.07 Å². The standard InChI is InChI=1S/C10H11FO3S/c1-14-10(13)9(12)7-5-6(15-2)3-4-8(7)11/h3-5,9,12H,1-2H3. The van der Waals surface area contributed by atoms with Crippen molar-refractivity contribution < 1.29 is 19.0 Å². The Morgan fingerprint density at radius 3 is 2.80 bits per heavy atom. The molecule has 1 aromatic carbocycles. The Labute approximate surface area is 91.2 Å². The van der Waals surface area contributed by atoms with Gasteiger partial charge in [-0.05, 0) is 24.5 Å². The number of rotatable bonds is 3.